The van der Waals surface area contributed by atoms with E-state index in [2.05, 4.69) is 31.1 Å². The molecule has 3 aliphatic heterocycles. The predicted molar refractivity (Wildman–Crippen MR) is 82.1 cm³/mol. The van der Waals surface area contributed by atoms with Crippen LogP contribution in [0.15, 0.2) is 27.4 Å². The minimum atomic E-state index is -0.138. The molecule has 3 fully saturated rings. The van der Waals surface area contributed by atoms with E-state index in [1.54, 1.807) is 12.5 Å². The van der Waals surface area contributed by atoms with Gasteiger partial charge < -0.3 is 14.6 Å². The Hall–Kier alpha value is -1.40. The molecule has 0 spiro atoms. The third-order valence-electron chi connectivity index (χ3n) is 4.63. The molecule has 2 aromatic heterocycles. The maximum Gasteiger partial charge on any atom is 0.274 e. The number of carbonyl (C=O) groups excluding carboxylic acids is 1. The molecule has 5 heterocycles. The first-order valence-corrected chi connectivity index (χ1v) is 8.06. The second kappa shape index (κ2) is 5.10. The fourth-order valence-electron chi connectivity index (χ4n) is 3.46. The number of piperidine rings is 3. The lowest BCUT2D eigenvalue weighted by Gasteiger charge is -2.44. The summed E-state index contributed by atoms with van der Waals surface area (Å²) >= 11 is 3.42. The molecule has 0 unspecified atom stereocenters. The van der Waals surface area contributed by atoms with Gasteiger partial charge in [-0.15, -0.1) is 0 Å². The smallest absolute Gasteiger partial charge is 0.274 e. The molecule has 6 heteroatoms. The van der Waals surface area contributed by atoms with E-state index in [1.165, 1.54) is 12.8 Å². The molecular weight excluding hydrogens is 334 g/mol. The van der Waals surface area contributed by atoms with Gasteiger partial charge in [0.25, 0.3) is 5.91 Å². The maximum atomic E-state index is 12.5. The molecule has 2 aromatic rings. The average Bonchev–Trinajstić information content (AvgIpc) is 2.90. The first-order valence-electron chi connectivity index (χ1n) is 7.27. The van der Waals surface area contributed by atoms with E-state index in [4.69, 9.17) is 4.42 Å². The van der Waals surface area contributed by atoms with E-state index >= 15 is 0 Å². The van der Waals surface area contributed by atoms with Crippen molar-refractivity contribution in [3.05, 3.63) is 28.7 Å². The number of nitrogens with one attached hydrogen (secondary N) is 1. The molecule has 1 N–H and O–H groups in total. The normalized spacial score (nSPS) is 28.0. The van der Waals surface area contributed by atoms with Crippen molar-refractivity contribution in [1.29, 1.82) is 0 Å². The van der Waals surface area contributed by atoms with E-state index in [-0.39, 0.29) is 11.9 Å². The van der Waals surface area contributed by atoms with Crippen LogP contribution in [0.1, 0.15) is 23.3 Å². The number of fused-ring (bicyclic) bond motifs is 4. The lowest BCUT2D eigenvalue weighted by Crippen LogP contribution is -2.57. The second-order valence-corrected chi connectivity index (χ2v) is 6.69. The van der Waals surface area contributed by atoms with Crippen LogP contribution >= 0.6 is 15.9 Å². The Labute approximate surface area is 130 Å². The summed E-state index contributed by atoms with van der Waals surface area (Å²) in [5, 5.41) is 4.03. The van der Waals surface area contributed by atoms with Crippen molar-refractivity contribution in [3.63, 3.8) is 0 Å². The summed E-state index contributed by atoms with van der Waals surface area (Å²) < 4.78 is 6.32. The van der Waals surface area contributed by atoms with Crippen LogP contribution in [0.3, 0.4) is 0 Å². The highest BCUT2D eigenvalue weighted by Gasteiger charge is 2.35. The van der Waals surface area contributed by atoms with Crippen LogP contribution in [0, 0.1) is 5.92 Å². The second-order valence-electron chi connectivity index (χ2n) is 5.84. The summed E-state index contributed by atoms with van der Waals surface area (Å²) in [6.45, 7) is 3.28. The predicted octanol–water partition coefficient (Wildman–Crippen LogP) is 2.41. The summed E-state index contributed by atoms with van der Waals surface area (Å²) in [6, 6.07) is 2.07. The van der Waals surface area contributed by atoms with E-state index < -0.39 is 0 Å². The number of halogens is 1. The van der Waals surface area contributed by atoms with Gasteiger partial charge in [0.1, 0.15) is 6.26 Å². The van der Waals surface area contributed by atoms with Gasteiger partial charge in [-0.2, -0.15) is 0 Å². The number of aromatic nitrogens is 1. The van der Waals surface area contributed by atoms with E-state index in [9.17, 15) is 4.79 Å². The molecule has 3 aliphatic rings. The van der Waals surface area contributed by atoms with E-state index in [1.807, 2.05) is 6.07 Å². The average molecular weight is 350 g/mol. The van der Waals surface area contributed by atoms with Gasteiger partial charge in [0.05, 0.1) is 4.47 Å². The Kier molecular flexibility index (Phi) is 3.23. The van der Waals surface area contributed by atoms with E-state index in [0.717, 1.165) is 29.5 Å². The molecule has 0 aliphatic carbocycles. The van der Waals surface area contributed by atoms with Gasteiger partial charge >= 0.3 is 0 Å². The molecule has 0 aromatic carbocycles. The van der Waals surface area contributed by atoms with Gasteiger partial charge in [0.15, 0.2) is 11.3 Å². The number of amides is 1. The van der Waals surface area contributed by atoms with Gasteiger partial charge in [-0.25, -0.2) is 4.98 Å². The zero-order valence-electron chi connectivity index (χ0n) is 11.5. The highest BCUT2D eigenvalue weighted by molar-refractivity contribution is 9.10. The van der Waals surface area contributed by atoms with Crippen molar-refractivity contribution >= 4 is 32.8 Å². The maximum absolute atomic E-state index is 12.5. The Morgan fingerprint density at radius 3 is 2.95 bits per heavy atom. The Bertz CT molecular complexity index is 691. The van der Waals surface area contributed by atoms with Crippen LogP contribution in [0.25, 0.3) is 11.0 Å². The van der Waals surface area contributed by atoms with E-state index in [0.29, 0.717) is 17.2 Å². The Morgan fingerprint density at radius 1 is 1.43 bits per heavy atom. The molecular formula is C15H16BrN3O2. The van der Waals surface area contributed by atoms with Crippen LogP contribution in [-0.2, 0) is 0 Å². The number of hydrogen-bond donors (Lipinski definition) is 1. The number of rotatable bonds is 2. The molecule has 2 bridgehead atoms. The third-order valence-corrected chi connectivity index (χ3v) is 5.24. The third kappa shape index (κ3) is 2.26. The number of furan rings is 1. The number of carbonyl (C=O) groups is 1. The van der Waals surface area contributed by atoms with Crippen LogP contribution < -0.4 is 5.32 Å². The lowest BCUT2D eigenvalue weighted by atomic mass is 9.84. The minimum absolute atomic E-state index is 0.138. The Balaban J connectivity index is 1.59. The molecule has 21 heavy (non-hydrogen) atoms. The fourth-order valence-corrected chi connectivity index (χ4v) is 3.86. The van der Waals surface area contributed by atoms with Crippen molar-refractivity contribution in [2.24, 2.45) is 5.92 Å². The Morgan fingerprint density at radius 2 is 2.24 bits per heavy atom. The highest BCUT2D eigenvalue weighted by atomic mass is 79.9. The highest BCUT2D eigenvalue weighted by Crippen LogP contribution is 2.29. The van der Waals surface area contributed by atoms with Crippen LogP contribution in [0.2, 0.25) is 0 Å². The first-order chi connectivity index (χ1) is 10.2. The van der Waals surface area contributed by atoms with Gasteiger partial charge in [-0.1, -0.05) is 0 Å². The molecule has 0 saturated carbocycles. The summed E-state index contributed by atoms with van der Waals surface area (Å²) in [6.07, 6.45) is 5.59. The topological polar surface area (TPSA) is 58.4 Å². The molecule has 5 rings (SSSR count). The summed E-state index contributed by atoms with van der Waals surface area (Å²) in [5.41, 5.74) is 0.915. The SMILES string of the molecule is O=C(N[C@H]1CN2CCC1CC2)c1nccc2c(Br)coc12. The number of nitrogens with zero attached hydrogens (tertiary/aromatic N) is 2. The van der Waals surface area contributed by atoms with Gasteiger partial charge in [0, 0.05) is 24.2 Å². The largest absolute Gasteiger partial charge is 0.461 e. The first kappa shape index (κ1) is 13.3. The molecule has 1 atom stereocenters. The van der Waals surface area contributed by atoms with Crippen molar-refractivity contribution in [1.82, 2.24) is 15.2 Å². The van der Waals surface area contributed by atoms with Gasteiger partial charge in [-0.05, 0) is 53.8 Å². The molecule has 0 radical (unpaired) electrons. The van der Waals surface area contributed by atoms with Crippen molar-refractivity contribution < 1.29 is 9.21 Å². The summed E-state index contributed by atoms with van der Waals surface area (Å²) in [4.78, 5) is 19.2. The standard InChI is InChI=1S/C15H16BrN3O2/c16-11-8-21-14-10(11)1-4-17-13(14)15(20)18-12-7-19-5-2-9(12)3-6-19/h1,4,8-9,12H,2-3,5-7H2,(H,18,20)/t12-/m0/s1. The zero-order chi connectivity index (χ0) is 14.4. The van der Waals surface area contributed by atoms with Crippen LogP contribution in [-0.4, -0.2) is 41.5 Å². The molecule has 3 saturated heterocycles. The van der Waals surface area contributed by atoms with Crippen LogP contribution in [0.5, 0.6) is 0 Å². The summed E-state index contributed by atoms with van der Waals surface area (Å²) in [7, 11) is 0. The fraction of sp³-hybridized carbons (Fsp3) is 0.467. The number of pyridine rings is 1. The quantitative estimate of drug-likeness (QED) is 0.904. The molecule has 110 valence electrons. The molecule has 1 amide bonds. The van der Waals surface area contributed by atoms with Gasteiger partial charge in [0.2, 0.25) is 0 Å². The van der Waals surface area contributed by atoms with Crippen molar-refractivity contribution in [2.75, 3.05) is 19.6 Å². The van der Waals surface area contributed by atoms with Crippen LogP contribution in [0.4, 0.5) is 0 Å². The lowest BCUT2D eigenvalue weighted by molar-refractivity contribution is 0.0618. The zero-order valence-corrected chi connectivity index (χ0v) is 13.1. The van der Waals surface area contributed by atoms with Gasteiger partial charge in [-0.3, -0.25) is 4.79 Å². The van der Waals surface area contributed by atoms with Crippen molar-refractivity contribution in [3.8, 4) is 0 Å². The number of hydrogen-bond acceptors (Lipinski definition) is 4. The monoisotopic (exact) mass is 349 g/mol. The minimum Gasteiger partial charge on any atom is -0.461 e. The molecule has 5 nitrogen and oxygen atoms in total. The summed E-state index contributed by atoms with van der Waals surface area (Å²) in [5.74, 6) is 0.461. The van der Waals surface area contributed by atoms with Crippen molar-refractivity contribution in [2.45, 2.75) is 18.9 Å².